The van der Waals surface area contributed by atoms with Crippen molar-refractivity contribution in [1.82, 2.24) is 0 Å². The van der Waals surface area contributed by atoms with E-state index in [4.69, 9.17) is 44.7 Å². The van der Waals surface area contributed by atoms with Gasteiger partial charge < -0.3 is 9.94 Å². The highest BCUT2D eigenvalue weighted by atomic mass is 35.5. The molecular weight excluding hydrogens is 414 g/mol. The number of halogens is 6. The summed E-state index contributed by atoms with van der Waals surface area (Å²) in [5.74, 6) is 0. The number of rotatable bonds is 3. The van der Waals surface area contributed by atoms with Gasteiger partial charge in [0.2, 0.25) is 0 Å². The molecule has 0 aliphatic carbocycles. The lowest BCUT2D eigenvalue weighted by Gasteiger charge is -2.29. The number of aliphatic hydroxyl groups is 1. The molecule has 1 unspecified atom stereocenters. The Bertz CT molecular complexity index is 866. The first-order valence-corrected chi connectivity index (χ1v) is 8.48. The van der Waals surface area contributed by atoms with Crippen LogP contribution in [0.25, 0.3) is 0 Å². The monoisotopic (exact) mass is 423 g/mol. The third kappa shape index (κ3) is 3.39. The van der Waals surface area contributed by atoms with Gasteiger partial charge in [0.1, 0.15) is 0 Å². The van der Waals surface area contributed by atoms with Crippen molar-refractivity contribution in [2.24, 2.45) is 5.16 Å². The summed E-state index contributed by atoms with van der Waals surface area (Å²) in [6, 6.07) is 8.12. The SMILES string of the molecule is OCc1ccc(C2=NOC(c3cc(Cl)cc(Cl)c3)(C(F)(F)F)C2)cc1Cl. The second kappa shape index (κ2) is 6.93. The van der Waals surface area contributed by atoms with Crippen LogP contribution in [0.5, 0.6) is 0 Å². The van der Waals surface area contributed by atoms with Crippen LogP contribution >= 0.6 is 34.8 Å². The molecule has 0 saturated carbocycles. The molecule has 1 heterocycles. The number of hydrogen-bond donors (Lipinski definition) is 1. The van der Waals surface area contributed by atoms with E-state index < -0.39 is 18.2 Å². The highest BCUT2D eigenvalue weighted by Crippen LogP contribution is 2.49. The summed E-state index contributed by atoms with van der Waals surface area (Å²) >= 11 is 17.7. The number of benzene rings is 2. The highest BCUT2D eigenvalue weighted by Gasteiger charge is 2.62. The van der Waals surface area contributed by atoms with Crippen LogP contribution in [-0.4, -0.2) is 17.0 Å². The Morgan fingerprint density at radius 2 is 1.73 bits per heavy atom. The molecule has 26 heavy (non-hydrogen) atoms. The average Bonchev–Trinajstić information content (AvgIpc) is 3.00. The van der Waals surface area contributed by atoms with Crippen LogP contribution in [0.15, 0.2) is 41.6 Å². The van der Waals surface area contributed by atoms with Crippen molar-refractivity contribution >= 4 is 40.5 Å². The van der Waals surface area contributed by atoms with Gasteiger partial charge in [-0.25, -0.2) is 0 Å². The Hall–Kier alpha value is -1.47. The van der Waals surface area contributed by atoms with Crippen molar-refractivity contribution in [2.75, 3.05) is 0 Å². The average molecular weight is 425 g/mol. The van der Waals surface area contributed by atoms with E-state index in [0.717, 1.165) is 12.1 Å². The maximum atomic E-state index is 13.9. The first-order valence-electron chi connectivity index (χ1n) is 7.34. The van der Waals surface area contributed by atoms with Crippen molar-refractivity contribution in [2.45, 2.75) is 24.8 Å². The maximum absolute atomic E-state index is 13.9. The quantitative estimate of drug-likeness (QED) is 0.684. The zero-order chi connectivity index (χ0) is 19.1. The minimum atomic E-state index is -4.76. The summed E-state index contributed by atoms with van der Waals surface area (Å²) in [5, 5.41) is 13.1. The molecule has 1 N–H and O–H groups in total. The summed E-state index contributed by atoms with van der Waals surface area (Å²) in [4.78, 5) is 4.92. The van der Waals surface area contributed by atoms with Gasteiger partial charge in [0.15, 0.2) is 0 Å². The largest absolute Gasteiger partial charge is 0.435 e. The first-order chi connectivity index (χ1) is 12.2. The van der Waals surface area contributed by atoms with E-state index in [1.165, 1.54) is 24.3 Å². The lowest BCUT2D eigenvalue weighted by Crippen LogP contribution is -2.42. The van der Waals surface area contributed by atoms with Gasteiger partial charge in [0.05, 0.1) is 12.3 Å². The van der Waals surface area contributed by atoms with Crippen LogP contribution in [0.1, 0.15) is 23.1 Å². The van der Waals surface area contributed by atoms with E-state index in [1.807, 2.05) is 0 Å². The zero-order valence-electron chi connectivity index (χ0n) is 12.9. The molecule has 9 heteroatoms. The minimum Gasteiger partial charge on any atom is -0.392 e. The second-order valence-electron chi connectivity index (χ2n) is 5.75. The van der Waals surface area contributed by atoms with Crippen LogP contribution in [0.2, 0.25) is 15.1 Å². The molecule has 3 nitrogen and oxygen atoms in total. The summed E-state index contributed by atoms with van der Waals surface area (Å²) in [5.41, 5.74) is -2.03. The Morgan fingerprint density at radius 3 is 2.27 bits per heavy atom. The Labute approximate surface area is 161 Å². The molecule has 0 saturated heterocycles. The molecule has 0 spiro atoms. The fourth-order valence-electron chi connectivity index (χ4n) is 2.70. The molecular formula is C17H11Cl3F3NO2. The Morgan fingerprint density at radius 1 is 1.08 bits per heavy atom. The number of nitrogens with zero attached hydrogens (tertiary/aromatic N) is 1. The van der Waals surface area contributed by atoms with Gasteiger partial charge in [-0.1, -0.05) is 52.1 Å². The Balaban J connectivity index is 2.02. The van der Waals surface area contributed by atoms with Crippen molar-refractivity contribution in [1.29, 1.82) is 0 Å². The molecule has 1 aliphatic rings. The van der Waals surface area contributed by atoms with Crippen LogP contribution in [0.4, 0.5) is 13.2 Å². The number of oxime groups is 1. The lowest BCUT2D eigenvalue weighted by atomic mass is 9.86. The van der Waals surface area contributed by atoms with E-state index in [9.17, 15) is 13.2 Å². The smallest absolute Gasteiger partial charge is 0.392 e. The summed E-state index contributed by atoms with van der Waals surface area (Å²) in [7, 11) is 0. The normalized spacial score (nSPS) is 20.0. The minimum absolute atomic E-state index is 0.0588. The molecule has 0 bridgehead atoms. The number of alkyl halides is 3. The van der Waals surface area contributed by atoms with Crippen LogP contribution in [-0.2, 0) is 17.0 Å². The standard InChI is InChI=1S/C17H11Cl3F3NO2/c18-12-4-11(5-13(19)6-12)16(17(21,22)23)7-15(24-26-16)9-1-2-10(8-25)14(20)3-9/h1-6,25H,7-8H2. The van der Waals surface area contributed by atoms with Gasteiger partial charge >= 0.3 is 6.18 Å². The second-order valence-corrected chi connectivity index (χ2v) is 7.03. The molecule has 0 aromatic heterocycles. The highest BCUT2D eigenvalue weighted by molar-refractivity contribution is 6.34. The van der Waals surface area contributed by atoms with E-state index in [-0.39, 0.29) is 32.9 Å². The summed E-state index contributed by atoms with van der Waals surface area (Å²) in [6.07, 6.45) is -5.33. The number of hydrogen-bond acceptors (Lipinski definition) is 3. The predicted molar refractivity (Wildman–Crippen MR) is 93.8 cm³/mol. The topological polar surface area (TPSA) is 41.8 Å². The zero-order valence-corrected chi connectivity index (χ0v) is 15.2. The van der Waals surface area contributed by atoms with Gasteiger partial charge in [-0.2, -0.15) is 13.2 Å². The van der Waals surface area contributed by atoms with Crippen LogP contribution in [0.3, 0.4) is 0 Å². The van der Waals surface area contributed by atoms with Gasteiger partial charge in [0, 0.05) is 32.6 Å². The van der Waals surface area contributed by atoms with Gasteiger partial charge in [-0.3, -0.25) is 0 Å². The van der Waals surface area contributed by atoms with Crippen molar-refractivity contribution in [3.05, 3.63) is 68.2 Å². The summed E-state index contributed by atoms with van der Waals surface area (Å²) in [6.45, 7) is -0.282. The third-order valence-electron chi connectivity index (χ3n) is 4.07. The van der Waals surface area contributed by atoms with Crippen molar-refractivity contribution < 1.29 is 23.1 Å². The van der Waals surface area contributed by atoms with Gasteiger partial charge in [0.25, 0.3) is 5.60 Å². The molecule has 3 rings (SSSR count). The first kappa shape index (κ1) is 19.3. The maximum Gasteiger partial charge on any atom is 0.435 e. The van der Waals surface area contributed by atoms with Crippen LogP contribution < -0.4 is 0 Å². The van der Waals surface area contributed by atoms with Crippen molar-refractivity contribution in [3.8, 4) is 0 Å². The molecule has 0 fully saturated rings. The van der Waals surface area contributed by atoms with Crippen molar-refractivity contribution in [3.63, 3.8) is 0 Å². The molecule has 1 aliphatic heterocycles. The van der Waals surface area contributed by atoms with Gasteiger partial charge in [-0.15, -0.1) is 0 Å². The third-order valence-corrected chi connectivity index (χ3v) is 4.86. The van der Waals surface area contributed by atoms with E-state index in [1.54, 1.807) is 0 Å². The van der Waals surface area contributed by atoms with E-state index in [0.29, 0.717) is 11.1 Å². The van der Waals surface area contributed by atoms with Crippen LogP contribution in [0, 0.1) is 0 Å². The summed E-state index contributed by atoms with van der Waals surface area (Å²) < 4.78 is 41.7. The lowest BCUT2D eigenvalue weighted by molar-refractivity contribution is -0.275. The van der Waals surface area contributed by atoms with E-state index >= 15 is 0 Å². The Kier molecular flexibility index (Phi) is 5.14. The molecule has 138 valence electrons. The molecule has 2 aromatic rings. The molecule has 0 radical (unpaired) electrons. The fourth-order valence-corrected chi connectivity index (χ4v) is 3.47. The molecule has 0 amide bonds. The fraction of sp³-hybridized carbons (Fsp3) is 0.235. The number of aliphatic hydroxyl groups excluding tert-OH is 1. The predicted octanol–water partition coefficient (Wildman–Crippen LogP) is 5.72. The molecule has 2 aromatic carbocycles. The van der Waals surface area contributed by atoms with Gasteiger partial charge in [-0.05, 0) is 29.8 Å². The molecule has 1 atom stereocenters. The van der Waals surface area contributed by atoms with E-state index in [2.05, 4.69) is 5.16 Å².